The van der Waals surface area contributed by atoms with Gasteiger partial charge in [-0.05, 0) is 34.5 Å². The lowest BCUT2D eigenvalue weighted by molar-refractivity contribution is -0.136. The monoisotopic (exact) mass is 480 g/mol. The molecule has 1 N–H and O–H groups in total. The van der Waals surface area contributed by atoms with E-state index < -0.39 is 11.9 Å². The summed E-state index contributed by atoms with van der Waals surface area (Å²) in [7, 11) is 3.26. The van der Waals surface area contributed by atoms with Crippen molar-refractivity contribution in [2.24, 2.45) is 0 Å². The highest BCUT2D eigenvalue weighted by Crippen LogP contribution is 2.34. The molecule has 6 nitrogen and oxygen atoms in total. The van der Waals surface area contributed by atoms with Crippen molar-refractivity contribution in [2.45, 2.75) is 12.6 Å². The lowest BCUT2D eigenvalue weighted by Crippen LogP contribution is -2.49. The minimum Gasteiger partial charge on any atom is -0.495 e. The number of nitriles is 1. The Morgan fingerprint density at radius 2 is 2.00 bits per heavy atom. The number of benzene rings is 3. The van der Waals surface area contributed by atoms with Gasteiger partial charge >= 0.3 is 0 Å². The Labute approximate surface area is 203 Å². The normalized spacial score (nSPS) is 15.0. The van der Waals surface area contributed by atoms with E-state index in [2.05, 4.69) is 16.3 Å². The molecule has 176 valence electrons. The number of nitrogens with zero attached hydrogens (tertiary/aromatic N) is 3. The predicted octanol–water partition coefficient (Wildman–Crippen LogP) is 4.12. The highest BCUT2D eigenvalue weighted by atomic mass is 35.5. The van der Waals surface area contributed by atoms with Gasteiger partial charge in [-0.25, -0.2) is 4.39 Å². The first-order chi connectivity index (χ1) is 16.4. The molecular weight excluding hydrogens is 455 g/mol. The van der Waals surface area contributed by atoms with Gasteiger partial charge in [-0.2, -0.15) is 5.26 Å². The van der Waals surface area contributed by atoms with E-state index >= 15 is 0 Å². The predicted molar refractivity (Wildman–Crippen MR) is 130 cm³/mol. The Morgan fingerprint density at radius 3 is 2.68 bits per heavy atom. The summed E-state index contributed by atoms with van der Waals surface area (Å²) in [6.45, 7) is 3.11. The number of likely N-dealkylation sites (N-methyl/N-ethyl adjacent to an activating group) is 1. The van der Waals surface area contributed by atoms with E-state index in [1.54, 1.807) is 24.1 Å². The van der Waals surface area contributed by atoms with Crippen LogP contribution in [0.1, 0.15) is 22.7 Å². The highest BCUT2D eigenvalue weighted by molar-refractivity contribution is 6.30. The molecule has 3 aromatic rings. The lowest BCUT2D eigenvalue weighted by atomic mass is 9.98. The molecule has 0 aromatic heterocycles. The minimum absolute atomic E-state index is 0.0116. The van der Waals surface area contributed by atoms with Crippen LogP contribution in [0.25, 0.3) is 10.8 Å². The van der Waals surface area contributed by atoms with E-state index in [1.165, 1.54) is 19.2 Å². The molecule has 34 heavy (non-hydrogen) atoms. The second-order valence-corrected chi connectivity index (χ2v) is 8.73. The molecule has 8 heteroatoms. The number of fused-ring (bicyclic) bond motifs is 1. The third-order valence-corrected chi connectivity index (χ3v) is 6.50. The van der Waals surface area contributed by atoms with Gasteiger partial charge in [0.15, 0.2) is 0 Å². The minimum atomic E-state index is -0.610. The second-order valence-electron chi connectivity index (χ2n) is 8.33. The van der Waals surface area contributed by atoms with E-state index in [4.69, 9.17) is 16.3 Å². The van der Waals surface area contributed by atoms with E-state index in [0.29, 0.717) is 30.0 Å². The average molecular weight is 481 g/mol. The molecule has 3 aromatic carbocycles. The maximum atomic E-state index is 13.9. The van der Waals surface area contributed by atoms with Gasteiger partial charge in [0, 0.05) is 45.3 Å². The van der Waals surface area contributed by atoms with E-state index in [9.17, 15) is 14.4 Å². The smallest absolute Gasteiger partial charge is 0.244 e. The summed E-state index contributed by atoms with van der Waals surface area (Å²) in [5.41, 5.74) is 1.83. The van der Waals surface area contributed by atoms with Crippen molar-refractivity contribution in [3.8, 4) is 11.8 Å². The van der Waals surface area contributed by atoms with Crippen LogP contribution in [-0.4, -0.2) is 56.0 Å². The molecule has 1 aliphatic rings. The molecule has 1 heterocycles. The van der Waals surface area contributed by atoms with Crippen LogP contribution in [0, 0.1) is 17.1 Å². The molecule has 0 radical (unpaired) electrons. The Balaban J connectivity index is 1.73. The van der Waals surface area contributed by atoms with Crippen LogP contribution >= 0.6 is 11.6 Å². The van der Waals surface area contributed by atoms with Crippen LogP contribution in [0.4, 0.5) is 4.39 Å². The molecule has 1 amide bonds. The van der Waals surface area contributed by atoms with Crippen LogP contribution < -0.4 is 10.1 Å². The van der Waals surface area contributed by atoms with Gasteiger partial charge in [0.1, 0.15) is 23.7 Å². The van der Waals surface area contributed by atoms with Crippen molar-refractivity contribution < 1.29 is 13.9 Å². The number of piperazine rings is 1. The topological polar surface area (TPSA) is 68.6 Å². The summed E-state index contributed by atoms with van der Waals surface area (Å²) in [6.07, 6.45) is 0. The fourth-order valence-electron chi connectivity index (χ4n) is 4.53. The highest BCUT2D eigenvalue weighted by Gasteiger charge is 2.32. The Bertz CT molecular complexity index is 1250. The van der Waals surface area contributed by atoms with Crippen molar-refractivity contribution in [3.63, 3.8) is 0 Å². The first kappa shape index (κ1) is 24.0. The summed E-state index contributed by atoms with van der Waals surface area (Å²) in [4.78, 5) is 17.6. The Morgan fingerprint density at radius 1 is 1.26 bits per heavy atom. The van der Waals surface area contributed by atoms with Crippen LogP contribution in [-0.2, 0) is 11.3 Å². The van der Waals surface area contributed by atoms with Crippen LogP contribution in [0.2, 0.25) is 5.02 Å². The molecule has 1 atom stereocenters. The standard InChI is InChI=1S/C26H26ClFN4O2/c1-31(16-21-20-6-4-3-5-17(20)13-19(15-29)25(21)34-2)26(33)24(32-11-9-30-10-12-32)18-7-8-23(28)22(27)14-18/h3-8,13-14,24,30H,9-12,16H2,1-2H3. The van der Waals surface area contributed by atoms with Crippen molar-refractivity contribution in [2.75, 3.05) is 40.3 Å². The van der Waals surface area contributed by atoms with Gasteiger partial charge in [0.25, 0.3) is 0 Å². The number of halogens is 2. The number of carbonyl (C=O) groups is 1. The molecule has 4 rings (SSSR count). The maximum Gasteiger partial charge on any atom is 0.244 e. The summed E-state index contributed by atoms with van der Waals surface area (Å²) in [5.74, 6) is -0.197. The fraction of sp³-hybridized carbons (Fsp3) is 0.308. The largest absolute Gasteiger partial charge is 0.495 e. The third-order valence-electron chi connectivity index (χ3n) is 6.21. The summed E-state index contributed by atoms with van der Waals surface area (Å²) >= 11 is 6.07. The molecular formula is C26H26ClFN4O2. The van der Waals surface area contributed by atoms with E-state index in [0.717, 1.165) is 29.4 Å². The van der Waals surface area contributed by atoms with Gasteiger partial charge in [-0.15, -0.1) is 0 Å². The van der Waals surface area contributed by atoms with Crippen molar-refractivity contribution >= 4 is 28.3 Å². The van der Waals surface area contributed by atoms with Crippen LogP contribution in [0.3, 0.4) is 0 Å². The van der Waals surface area contributed by atoms with Crippen molar-refractivity contribution in [3.05, 3.63) is 76.1 Å². The quantitative estimate of drug-likeness (QED) is 0.575. The number of hydrogen-bond acceptors (Lipinski definition) is 5. The summed E-state index contributed by atoms with van der Waals surface area (Å²) in [6, 6.07) is 15.6. The molecule has 0 aliphatic carbocycles. The maximum absolute atomic E-state index is 13.9. The molecule has 1 unspecified atom stereocenters. The van der Waals surface area contributed by atoms with Gasteiger partial charge in [0.05, 0.1) is 17.7 Å². The SMILES string of the molecule is COc1c(C#N)cc2ccccc2c1CN(C)C(=O)C(c1ccc(F)c(Cl)c1)N1CCNCC1. The van der Waals surface area contributed by atoms with E-state index in [-0.39, 0.29) is 17.5 Å². The first-order valence-electron chi connectivity index (χ1n) is 11.1. The third kappa shape index (κ3) is 4.71. The molecule has 0 spiro atoms. The van der Waals surface area contributed by atoms with Gasteiger partial charge in [-0.3, -0.25) is 9.69 Å². The molecule has 1 saturated heterocycles. The number of carbonyl (C=O) groups excluding carboxylic acids is 1. The Kier molecular flexibility index (Phi) is 7.32. The van der Waals surface area contributed by atoms with Gasteiger partial charge in [-0.1, -0.05) is 41.9 Å². The summed E-state index contributed by atoms with van der Waals surface area (Å²) in [5, 5.41) is 14.8. The number of amides is 1. The first-order valence-corrected chi connectivity index (χ1v) is 11.5. The van der Waals surface area contributed by atoms with Crippen LogP contribution in [0.5, 0.6) is 5.75 Å². The molecule has 0 saturated carbocycles. The molecule has 1 aliphatic heterocycles. The molecule has 0 bridgehead atoms. The van der Waals surface area contributed by atoms with Crippen molar-refractivity contribution in [1.29, 1.82) is 5.26 Å². The zero-order chi connectivity index (χ0) is 24.2. The summed E-state index contributed by atoms with van der Waals surface area (Å²) < 4.78 is 19.5. The number of rotatable bonds is 6. The van der Waals surface area contributed by atoms with E-state index in [1.807, 2.05) is 24.3 Å². The average Bonchev–Trinajstić information content (AvgIpc) is 2.86. The van der Waals surface area contributed by atoms with Crippen LogP contribution in [0.15, 0.2) is 48.5 Å². The zero-order valence-electron chi connectivity index (χ0n) is 19.1. The molecule has 1 fully saturated rings. The number of methoxy groups -OCH3 is 1. The lowest BCUT2D eigenvalue weighted by Gasteiger charge is -2.36. The fourth-order valence-corrected chi connectivity index (χ4v) is 4.72. The van der Waals surface area contributed by atoms with Gasteiger partial charge < -0.3 is 15.0 Å². The second kappa shape index (κ2) is 10.4. The van der Waals surface area contributed by atoms with Crippen molar-refractivity contribution in [1.82, 2.24) is 15.1 Å². The van der Waals surface area contributed by atoms with Gasteiger partial charge in [0.2, 0.25) is 5.91 Å². The Hall–Kier alpha value is -3.18. The number of ether oxygens (including phenoxy) is 1. The number of nitrogens with one attached hydrogen (secondary N) is 1. The zero-order valence-corrected chi connectivity index (χ0v) is 19.9. The number of hydrogen-bond donors (Lipinski definition) is 1.